The van der Waals surface area contributed by atoms with E-state index in [2.05, 4.69) is 5.32 Å². The van der Waals surface area contributed by atoms with E-state index in [1.807, 2.05) is 13.0 Å². The second-order valence-corrected chi connectivity index (χ2v) is 8.66. The van der Waals surface area contributed by atoms with Gasteiger partial charge in [-0.2, -0.15) is 0 Å². The minimum atomic E-state index is -0.597. The normalized spacial score (nSPS) is 13.1. The minimum Gasteiger partial charge on any atom is -0.489 e. The zero-order chi connectivity index (χ0) is 25.5. The van der Waals surface area contributed by atoms with Gasteiger partial charge in [0.25, 0.3) is 5.91 Å². The van der Waals surface area contributed by atoms with Crippen LogP contribution >= 0.6 is 0 Å². The molecule has 188 valence electrons. The van der Waals surface area contributed by atoms with Crippen LogP contribution in [0.25, 0.3) is 11.0 Å². The predicted octanol–water partition coefficient (Wildman–Crippen LogP) is 2.97. The van der Waals surface area contributed by atoms with E-state index < -0.39 is 11.6 Å². The van der Waals surface area contributed by atoms with Crippen LogP contribution in [0.2, 0.25) is 0 Å². The third-order valence-electron chi connectivity index (χ3n) is 5.95. The lowest BCUT2D eigenvalue weighted by Gasteiger charge is -2.15. The van der Waals surface area contributed by atoms with E-state index in [1.165, 1.54) is 6.07 Å². The average molecular weight is 493 g/mol. The van der Waals surface area contributed by atoms with Crippen LogP contribution in [0, 0.1) is 6.92 Å². The fraction of sp³-hybridized carbons (Fsp3) is 0.333. The van der Waals surface area contributed by atoms with E-state index in [9.17, 15) is 19.2 Å². The maximum absolute atomic E-state index is 12.2. The van der Waals surface area contributed by atoms with E-state index in [0.29, 0.717) is 42.8 Å². The molecule has 4 rings (SSSR count). The van der Waals surface area contributed by atoms with Crippen molar-refractivity contribution in [1.29, 1.82) is 0 Å². The molecule has 3 aromatic rings. The van der Waals surface area contributed by atoms with Crippen LogP contribution in [-0.2, 0) is 20.9 Å². The zero-order valence-corrected chi connectivity index (χ0v) is 20.1. The molecule has 9 heteroatoms. The molecule has 1 aromatic heterocycles. The number of nitrogens with zero attached hydrogens (tertiary/aromatic N) is 1. The highest BCUT2D eigenvalue weighted by Crippen LogP contribution is 2.23. The first-order chi connectivity index (χ1) is 17.4. The van der Waals surface area contributed by atoms with E-state index in [4.69, 9.17) is 13.9 Å². The summed E-state index contributed by atoms with van der Waals surface area (Å²) in [6, 6.07) is 13.5. The van der Waals surface area contributed by atoms with Gasteiger partial charge >= 0.3 is 11.6 Å². The van der Waals surface area contributed by atoms with Gasteiger partial charge in [-0.25, -0.2) is 9.59 Å². The summed E-state index contributed by atoms with van der Waals surface area (Å²) < 4.78 is 16.1. The molecule has 0 radical (unpaired) electrons. The number of fused-ring (bicyclic) bond motifs is 1. The van der Waals surface area contributed by atoms with Crippen LogP contribution in [0.4, 0.5) is 0 Å². The summed E-state index contributed by atoms with van der Waals surface area (Å²) in [6.07, 6.45) is 2.14. The van der Waals surface area contributed by atoms with Gasteiger partial charge in [0.05, 0.1) is 5.56 Å². The molecule has 0 saturated carbocycles. The number of aryl methyl sites for hydroxylation is 1. The fourth-order valence-corrected chi connectivity index (χ4v) is 4.00. The summed E-state index contributed by atoms with van der Waals surface area (Å²) in [5.41, 5.74) is 2.03. The summed E-state index contributed by atoms with van der Waals surface area (Å²) in [6.45, 7) is 3.53. The van der Waals surface area contributed by atoms with Gasteiger partial charge in [-0.3, -0.25) is 9.59 Å². The number of likely N-dealkylation sites (tertiary alicyclic amines) is 1. The Bertz CT molecular complexity index is 1310. The van der Waals surface area contributed by atoms with Crippen molar-refractivity contribution in [2.24, 2.45) is 0 Å². The molecule has 1 saturated heterocycles. The molecule has 1 aliphatic heterocycles. The first-order valence-electron chi connectivity index (χ1n) is 11.9. The molecule has 9 nitrogen and oxygen atoms in total. The van der Waals surface area contributed by atoms with E-state index in [1.54, 1.807) is 41.3 Å². The Morgan fingerprint density at radius 2 is 1.89 bits per heavy atom. The number of hydrogen-bond donors (Lipinski definition) is 1. The topological polar surface area (TPSA) is 115 Å². The van der Waals surface area contributed by atoms with Crippen molar-refractivity contribution in [3.8, 4) is 5.75 Å². The number of nitrogens with one attached hydrogen (secondary N) is 1. The van der Waals surface area contributed by atoms with Gasteiger partial charge in [-0.15, -0.1) is 0 Å². The number of carbonyl (C=O) groups is 3. The van der Waals surface area contributed by atoms with Gasteiger partial charge in [0, 0.05) is 43.6 Å². The zero-order valence-electron chi connectivity index (χ0n) is 20.1. The molecular weight excluding hydrogens is 464 g/mol. The molecule has 0 atom stereocenters. The largest absolute Gasteiger partial charge is 0.489 e. The predicted molar refractivity (Wildman–Crippen MR) is 132 cm³/mol. The van der Waals surface area contributed by atoms with Gasteiger partial charge in [0.15, 0.2) is 6.61 Å². The van der Waals surface area contributed by atoms with E-state index >= 15 is 0 Å². The smallest absolute Gasteiger partial charge is 0.338 e. The van der Waals surface area contributed by atoms with Crippen LogP contribution in [0.3, 0.4) is 0 Å². The highest BCUT2D eigenvalue weighted by atomic mass is 16.5. The molecule has 1 aliphatic rings. The Kier molecular flexibility index (Phi) is 7.99. The van der Waals surface area contributed by atoms with Crippen molar-refractivity contribution < 1.29 is 28.3 Å². The van der Waals surface area contributed by atoms with E-state index in [0.717, 1.165) is 29.5 Å². The van der Waals surface area contributed by atoms with Crippen LogP contribution in [0.5, 0.6) is 5.75 Å². The number of rotatable bonds is 10. The SMILES string of the molecule is Cc1cc(=O)oc2cc(OCc3ccc(C(=O)OCC(=O)NCCCN4CCCC4=O)cc3)ccc12. The number of esters is 1. The van der Waals surface area contributed by atoms with Gasteiger partial charge in [-0.05, 0) is 55.2 Å². The number of ether oxygens (including phenoxy) is 2. The molecule has 2 aromatic carbocycles. The lowest BCUT2D eigenvalue weighted by molar-refractivity contribution is -0.127. The molecule has 0 unspecified atom stereocenters. The van der Waals surface area contributed by atoms with Crippen LogP contribution in [0.15, 0.2) is 57.7 Å². The molecule has 1 fully saturated rings. The minimum absolute atomic E-state index is 0.159. The Labute approximate surface area is 208 Å². The molecule has 1 N–H and O–H groups in total. The quantitative estimate of drug-likeness (QED) is 0.263. The van der Waals surface area contributed by atoms with E-state index in [-0.39, 0.29) is 25.0 Å². The third-order valence-corrected chi connectivity index (χ3v) is 5.95. The summed E-state index contributed by atoms with van der Waals surface area (Å²) in [4.78, 5) is 49.1. The summed E-state index contributed by atoms with van der Waals surface area (Å²) in [5.74, 6) is -0.271. The molecule has 0 spiro atoms. The first kappa shape index (κ1) is 25.0. The molecular formula is C27H28N2O7. The highest BCUT2D eigenvalue weighted by Gasteiger charge is 2.19. The fourth-order valence-electron chi connectivity index (χ4n) is 4.00. The Morgan fingerprint density at radius 3 is 2.64 bits per heavy atom. The van der Waals surface area contributed by atoms with Crippen molar-refractivity contribution >= 4 is 28.8 Å². The van der Waals surface area contributed by atoms with Crippen LogP contribution in [0.1, 0.15) is 40.7 Å². The monoisotopic (exact) mass is 492 g/mol. The maximum Gasteiger partial charge on any atom is 0.338 e. The number of amides is 2. The number of hydrogen-bond acceptors (Lipinski definition) is 7. The average Bonchev–Trinajstić information content (AvgIpc) is 3.28. The Balaban J connectivity index is 1.19. The molecule has 2 heterocycles. The standard InChI is InChI=1S/C27H28N2O7/c1-18-14-26(32)36-23-15-21(9-10-22(18)23)34-16-19-5-7-20(8-6-19)27(33)35-17-24(30)28-11-3-13-29-12-2-4-25(29)31/h5-10,14-15H,2-4,11-13,16-17H2,1H3,(H,28,30). The summed E-state index contributed by atoms with van der Waals surface area (Å²) >= 11 is 0. The summed E-state index contributed by atoms with van der Waals surface area (Å²) in [7, 11) is 0. The second-order valence-electron chi connectivity index (χ2n) is 8.66. The molecule has 0 aliphatic carbocycles. The lowest BCUT2D eigenvalue weighted by Crippen LogP contribution is -2.32. The van der Waals surface area contributed by atoms with Crippen molar-refractivity contribution in [2.45, 2.75) is 32.8 Å². The van der Waals surface area contributed by atoms with Gasteiger partial charge in [-0.1, -0.05) is 12.1 Å². The van der Waals surface area contributed by atoms with Crippen molar-refractivity contribution in [2.75, 3.05) is 26.2 Å². The van der Waals surface area contributed by atoms with Crippen LogP contribution in [-0.4, -0.2) is 48.9 Å². The van der Waals surface area contributed by atoms with Crippen molar-refractivity contribution in [3.63, 3.8) is 0 Å². The molecule has 36 heavy (non-hydrogen) atoms. The van der Waals surface area contributed by atoms with Gasteiger partial charge in [0.1, 0.15) is 17.9 Å². The third kappa shape index (κ3) is 6.50. The second kappa shape index (κ2) is 11.5. The lowest BCUT2D eigenvalue weighted by atomic mass is 10.1. The number of carbonyl (C=O) groups excluding carboxylic acids is 3. The maximum atomic E-state index is 12.2. The number of benzene rings is 2. The van der Waals surface area contributed by atoms with Crippen molar-refractivity contribution in [3.05, 3.63) is 75.6 Å². The van der Waals surface area contributed by atoms with Crippen molar-refractivity contribution in [1.82, 2.24) is 10.2 Å². The first-order valence-corrected chi connectivity index (χ1v) is 11.9. The van der Waals surface area contributed by atoms with Gasteiger partial charge in [0.2, 0.25) is 5.91 Å². The van der Waals surface area contributed by atoms with Gasteiger partial charge < -0.3 is 24.1 Å². The molecule has 2 amide bonds. The summed E-state index contributed by atoms with van der Waals surface area (Å²) in [5, 5.41) is 3.54. The Hall–Kier alpha value is -4.14. The Morgan fingerprint density at radius 1 is 1.08 bits per heavy atom. The van der Waals surface area contributed by atoms with Crippen LogP contribution < -0.4 is 15.7 Å². The molecule has 0 bridgehead atoms. The highest BCUT2D eigenvalue weighted by molar-refractivity contribution is 5.91.